The van der Waals surface area contributed by atoms with Crippen molar-refractivity contribution in [3.8, 4) is 11.8 Å². The molecule has 1 aromatic carbocycles. The summed E-state index contributed by atoms with van der Waals surface area (Å²) < 4.78 is 0. The molecule has 0 amide bonds. The van der Waals surface area contributed by atoms with E-state index >= 15 is 0 Å². The number of aryl methyl sites for hydroxylation is 1. The van der Waals surface area contributed by atoms with Crippen LogP contribution in [-0.2, 0) is 6.42 Å². The number of hydrogen-bond acceptors (Lipinski definition) is 2. The molecule has 1 aromatic rings. The number of hydrogen-bond donors (Lipinski definition) is 0. The Morgan fingerprint density at radius 2 is 2.14 bits per heavy atom. The summed E-state index contributed by atoms with van der Waals surface area (Å²) in [5.41, 5.74) is 2.01. The van der Waals surface area contributed by atoms with Crippen molar-refractivity contribution in [2.75, 3.05) is 6.54 Å². The van der Waals surface area contributed by atoms with Crippen molar-refractivity contribution in [3.05, 3.63) is 45.5 Å². The molecule has 1 rings (SSSR count). The summed E-state index contributed by atoms with van der Waals surface area (Å²) in [7, 11) is 0. The number of rotatable bonds is 2. The third-order valence-corrected chi connectivity index (χ3v) is 1.83. The molecule has 0 saturated heterocycles. The summed E-state index contributed by atoms with van der Waals surface area (Å²) in [6.07, 6.45) is 0.892. The van der Waals surface area contributed by atoms with Gasteiger partial charge in [-0.2, -0.15) is 0 Å². The average Bonchev–Trinajstić information content (AvgIpc) is 2.18. The van der Waals surface area contributed by atoms with Crippen molar-refractivity contribution < 1.29 is 4.92 Å². The topological polar surface area (TPSA) is 43.1 Å². The highest BCUT2D eigenvalue weighted by atomic mass is 16.6. The maximum Gasteiger partial charge on any atom is 0.263 e. The monoisotopic (exact) mass is 189 g/mol. The van der Waals surface area contributed by atoms with Crippen LogP contribution in [0.1, 0.15) is 18.1 Å². The summed E-state index contributed by atoms with van der Waals surface area (Å²) in [5.74, 6) is 5.33. The normalized spacial score (nSPS) is 8.93. The van der Waals surface area contributed by atoms with Crippen molar-refractivity contribution >= 4 is 0 Å². The minimum absolute atomic E-state index is 0.294. The van der Waals surface area contributed by atoms with Crippen molar-refractivity contribution in [1.82, 2.24) is 0 Å². The standard InChI is InChI=1S/C11H11NO2/c1-2-10-6-3-4-7-11(10)8-5-9-12(13)14/h3-4,6-7H,2,9H2,1H3. The van der Waals surface area contributed by atoms with Crippen LogP contribution in [0.4, 0.5) is 0 Å². The van der Waals surface area contributed by atoms with E-state index in [1.807, 2.05) is 31.2 Å². The van der Waals surface area contributed by atoms with E-state index in [-0.39, 0.29) is 6.54 Å². The van der Waals surface area contributed by atoms with E-state index in [1.54, 1.807) is 0 Å². The molecular weight excluding hydrogens is 178 g/mol. The second-order valence-corrected chi connectivity index (χ2v) is 2.80. The molecule has 0 bridgehead atoms. The first-order chi connectivity index (χ1) is 6.74. The van der Waals surface area contributed by atoms with Gasteiger partial charge in [-0.3, -0.25) is 10.1 Å². The Hall–Kier alpha value is -1.82. The second-order valence-electron chi connectivity index (χ2n) is 2.80. The van der Waals surface area contributed by atoms with Crippen LogP contribution in [0, 0.1) is 22.0 Å². The van der Waals surface area contributed by atoms with Gasteiger partial charge in [0.2, 0.25) is 0 Å². The Morgan fingerprint density at radius 1 is 1.43 bits per heavy atom. The molecule has 72 valence electrons. The minimum Gasteiger partial charge on any atom is -0.264 e. The fourth-order valence-electron chi connectivity index (χ4n) is 1.15. The van der Waals surface area contributed by atoms with Gasteiger partial charge in [0.25, 0.3) is 6.54 Å². The van der Waals surface area contributed by atoms with Crippen molar-refractivity contribution in [2.45, 2.75) is 13.3 Å². The molecule has 0 N–H and O–H groups in total. The van der Waals surface area contributed by atoms with Crippen molar-refractivity contribution in [2.24, 2.45) is 0 Å². The van der Waals surface area contributed by atoms with Crippen LogP contribution in [0.5, 0.6) is 0 Å². The van der Waals surface area contributed by atoms with Gasteiger partial charge in [0, 0.05) is 10.5 Å². The highest BCUT2D eigenvalue weighted by Crippen LogP contribution is 2.07. The lowest BCUT2D eigenvalue weighted by Gasteiger charge is -1.98. The van der Waals surface area contributed by atoms with Gasteiger partial charge < -0.3 is 0 Å². The molecule has 0 fully saturated rings. The van der Waals surface area contributed by atoms with Crippen molar-refractivity contribution in [3.63, 3.8) is 0 Å². The van der Waals surface area contributed by atoms with Gasteiger partial charge in [0.1, 0.15) is 0 Å². The van der Waals surface area contributed by atoms with E-state index < -0.39 is 4.92 Å². The summed E-state index contributed by atoms with van der Waals surface area (Å²) in [4.78, 5) is 9.62. The van der Waals surface area contributed by atoms with Crippen molar-refractivity contribution in [1.29, 1.82) is 0 Å². The van der Waals surface area contributed by atoms with Crippen LogP contribution in [0.3, 0.4) is 0 Å². The molecule has 14 heavy (non-hydrogen) atoms. The van der Waals surface area contributed by atoms with Gasteiger partial charge in [-0.25, -0.2) is 0 Å². The van der Waals surface area contributed by atoms with Crippen LogP contribution in [0.15, 0.2) is 24.3 Å². The lowest BCUT2D eigenvalue weighted by atomic mass is 10.1. The third kappa shape index (κ3) is 2.91. The van der Waals surface area contributed by atoms with Crippen LogP contribution < -0.4 is 0 Å². The molecule has 0 aromatic heterocycles. The van der Waals surface area contributed by atoms with E-state index in [2.05, 4.69) is 11.8 Å². The molecule has 0 spiro atoms. The molecule has 0 aliphatic heterocycles. The molecule has 3 nitrogen and oxygen atoms in total. The lowest BCUT2D eigenvalue weighted by molar-refractivity contribution is -0.466. The van der Waals surface area contributed by atoms with Gasteiger partial charge in [0.15, 0.2) is 0 Å². The number of benzene rings is 1. The quantitative estimate of drug-likeness (QED) is 0.405. The molecule has 0 atom stereocenters. The second kappa shape index (κ2) is 5.03. The molecular formula is C11H11NO2. The highest BCUT2D eigenvalue weighted by molar-refractivity contribution is 5.41. The minimum atomic E-state index is -0.429. The highest BCUT2D eigenvalue weighted by Gasteiger charge is 1.95. The predicted molar refractivity (Wildman–Crippen MR) is 54.6 cm³/mol. The molecule has 0 aliphatic carbocycles. The molecule has 0 radical (unpaired) electrons. The lowest BCUT2D eigenvalue weighted by Crippen LogP contribution is -1.96. The van der Waals surface area contributed by atoms with Gasteiger partial charge >= 0.3 is 0 Å². The Morgan fingerprint density at radius 3 is 2.79 bits per heavy atom. The number of nitro groups is 1. The molecule has 3 heteroatoms. The summed E-state index contributed by atoms with van der Waals surface area (Å²) in [6, 6.07) is 7.69. The predicted octanol–water partition coefficient (Wildman–Crippen LogP) is 1.88. The fraction of sp³-hybridized carbons (Fsp3) is 0.273. The maximum absolute atomic E-state index is 10.0. The first kappa shape index (κ1) is 10.3. The van der Waals surface area contributed by atoms with E-state index in [9.17, 15) is 10.1 Å². The summed E-state index contributed by atoms with van der Waals surface area (Å²) >= 11 is 0. The van der Waals surface area contributed by atoms with Crippen LogP contribution in [0.2, 0.25) is 0 Å². The van der Waals surface area contributed by atoms with Crippen LogP contribution >= 0.6 is 0 Å². The molecule has 0 heterocycles. The van der Waals surface area contributed by atoms with E-state index in [0.29, 0.717) is 0 Å². The Kier molecular flexibility index (Phi) is 3.69. The third-order valence-electron chi connectivity index (χ3n) is 1.83. The first-order valence-electron chi connectivity index (χ1n) is 4.42. The smallest absolute Gasteiger partial charge is 0.263 e. The Balaban J connectivity index is 2.83. The SMILES string of the molecule is CCc1ccccc1C#CC[N+](=O)[O-]. The fourth-order valence-corrected chi connectivity index (χ4v) is 1.15. The van der Waals surface area contributed by atoms with Gasteiger partial charge in [-0.15, -0.1) is 0 Å². The molecule has 0 aliphatic rings. The summed E-state index contributed by atoms with van der Waals surface area (Å²) in [5, 5.41) is 10.0. The van der Waals surface area contributed by atoms with E-state index in [0.717, 1.165) is 17.5 Å². The molecule has 0 unspecified atom stereocenters. The zero-order valence-electron chi connectivity index (χ0n) is 7.99. The van der Waals surface area contributed by atoms with Crippen LogP contribution in [0.25, 0.3) is 0 Å². The zero-order valence-corrected chi connectivity index (χ0v) is 7.99. The first-order valence-corrected chi connectivity index (χ1v) is 4.42. The Bertz CT molecular complexity index is 388. The van der Waals surface area contributed by atoms with Gasteiger partial charge in [0.05, 0.1) is 0 Å². The van der Waals surface area contributed by atoms with E-state index in [1.165, 1.54) is 0 Å². The number of nitrogens with zero attached hydrogens (tertiary/aromatic N) is 1. The Labute approximate surface area is 82.9 Å². The largest absolute Gasteiger partial charge is 0.264 e. The molecule has 0 saturated carbocycles. The zero-order chi connectivity index (χ0) is 10.4. The van der Waals surface area contributed by atoms with E-state index in [4.69, 9.17) is 0 Å². The summed E-state index contributed by atoms with van der Waals surface area (Å²) in [6.45, 7) is 1.74. The maximum atomic E-state index is 10.0. The van der Waals surface area contributed by atoms with Gasteiger partial charge in [-0.05, 0) is 24.0 Å². The van der Waals surface area contributed by atoms with Crippen LogP contribution in [-0.4, -0.2) is 11.5 Å². The van der Waals surface area contributed by atoms with Gasteiger partial charge in [-0.1, -0.05) is 31.0 Å². The average molecular weight is 189 g/mol.